The second-order valence-corrected chi connectivity index (χ2v) is 7.98. The van der Waals surface area contributed by atoms with Crippen molar-refractivity contribution in [1.82, 2.24) is 14.8 Å². The van der Waals surface area contributed by atoms with Crippen LogP contribution in [0.4, 0.5) is 0 Å². The number of sulfonamides is 1. The van der Waals surface area contributed by atoms with Crippen molar-refractivity contribution >= 4 is 10.0 Å². The molecule has 0 spiro atoms. The zero-order chi connectivity index (χ0) is 15.5. The van der Waals surface area contributed by atoms with Crippen LogP contribution in [-0.2, 0) is 15.8 Å². The van der Waals surface area contributed by atoms with Crippen molar-refractivity contribution in [1.29, 1.82) is 0 Å². The zero-order valence-electron chi connectivity index (χ0n) is 13.0. The van der Waals surface area contributed by atoms with E-state index in [0.717, 1.165) is 25.9 Å². The summed E-state index contributed by atoms with van der Waals surface area (Å²) in [6.45, 7) is 8.09. The molecule has 1 saturated heterocycles. The van der Waals surface area contributed by atoms with Crippen molar-refractivity contribution in [2.75, 3.05) is 19.6 Å². The number of rotatable bonds is 6. The number of aryl methyl sites for hydroxylation is 1. The Kier molecular flexibility index (Phi) is 5.40. The summed E-state index contributed by atoms with van der Waals surface area (Å²) in [6.07, 6.45) is 2.19. The minimum atomic E-state index is -3.38. The number of nitrogens with zero attached hydrogens (tertiary/aromatic N) is 2. The largest absolute Gasteiger partial charge is 0.361 e. The lowest BCUT2D eigenvalue weighted by Gasteiger charge is -2.31. The third kappa shape index (κ3) is 4.52. The first kappa shape index (κ1) is 16.5. The van der Waals surface area contributed by atoms with Gasteiger partial charge < -0.3 is 9.84 Å². The van der Waals surface area contributed by atoms with Crippen LogP contribution in [0.1, 0.15) is 38.1 Å². The molecule has 1 aliphatic rings. The van der Waals surface area contributed by atoms with Gasteiger partial charge in [0.1, 0.15) is 17.2 Å². The number of hydrogen-bond donors (Lipinski definition) is 1. The second-order valence-electron chi connectivity index (χ2n) is 6.06. The van der Waals surface area contributed by atoms with Gasteiger partial charge in [-0.25, -0.2) is 8.42 Å². The summed E-state index contributed by atoms with van der Waals surface area (Å²) in [4.78, 5) is 0. The maximum atomic E-state index is 12.6. The van der Waals surface area contributed by atoms with Crippen LogP contribution >= 0.6 is 0 Å². The molecule has 1 aromatic heterocycles. The Morgan fingerprint density at radius 1 is 1.52 bits per heavy atom. The van der Waals surface area contributed by atoms with Crippen LogP contribution in [0, 0.1) is 12.8 Å². The van der Waals surface area contributed by atoms with Crippen molar-refractivity contribution < 1.29 is 12.9 Å². The highest BCUT2D eigenvalue weighted by Gasteiger charge is 2.29. The predicted octanol–water partition coefficient (Wildman–Crippen LogP) is 1.52. The van der Waals surface area contributed by atoms with Crippen LogP contribution in [0.3, 0.4) is 0 Å². The molecule has 1 aliphatic heterocycles. The summed E-state index contributed by atoms with van der Waals surface area (Å²) < 4.78 is 31.9. The predicted molar refractivity (Wildman–Crippen MR) is 81.3 cm³/mol. The SMILES string of the molecule is Cc1cc(CS(=O)(=O)N(CC2CCCNC2)C(C)C)no1. The van der Waals surface area contributed by atoms with Crippen molar-refractivity contribution in [2.45, 2.75) is 45.4 Å². The Balaban J connectivity index is 2.08. The molecule has 1 fully saturated rings. The van der Waals surface area contributed by atoms with Gasteiger partial charge >= 0.3 is 0 Å². The fourth-order valence-electron chi connectivity index (χ4n) is 2.74. The van der Waals surface area contributed by atoms with Crippen LogP contribution in [-0.4, -0.2) is 43.6 Å². The first-order valence-corrected chi connectivity index (χ1v) is 9.12. The second kappa shape index (κ2) is 6.89. The minimum absolute atomic E-state index is 0.0510. The van der Waals surface area contributed by atoms with Crippen molar-refractivity contribution in [3.05, 3.63) is 17.5 Å². The van der Waals surface area contributed by atoms with E-state index >= 15 is 0 Å². The molecule has 120 valence electrons. The molecular weight excluding hydrogens is 290 g/mol. The molecule has 21 heavy (non-hydrogen) atoms. The summed E-state index contributed by atoms with van der Waals surface area (Å²) in [7, 11) is -3.38. The topological polar surface area (TPSA) is 75.4 Å². The van der Waals surface area contributed by atoms with E-state index in [2.05, 4.69) is 10.5 Å². The van der Waals surface area contributed by atoms with E-state index in [9.17, 15) is 8.42 Å². The van der Waals surface area contributed by atoms with Gasteiger partial charge in [0, 0.05) is 18.7 Å². The Morgan fingerprint density at radius 3 is 2.81 bits per heavy atom. The first-order valence-electron chi connectivity index (χ1n) is 7.51. The van der Waals surface area contributed by atoms with Crippen molar-refractivity contribution in [3.8, 4) is 0 Å². The lowest BCUT2D eigenvalue weighted by atomic mass is 9.99. The number of hydrogen-bond acceptors (Lipinski definition) is 5. The maximum absolute atomic E-state index is 12.6. The summed E-state index contributed by atoms with van der Waals surface area (Å²) in [5.41, 5.74) is 0.472. The Morgan fingerprint density at radius 2 is 2.29 bits per heavy atom. The Bertz CT molecular complexity index is 548. The molecule has 6 nitrogen and oxygen atoms in total. The van der Waals surface area contributed by atoms with Crippen molar-refractivity contribution in [2.24, 2.45) is 5.92 Å². The molecule has 0 aliphatic carbocycles. The van der Waals surface area contributed by atoms with Gasteiger partial charge in [-0.3, -0.25) is 0 Å². The van der Waals surface area contributed by atoms with E-state index in [1.54, 1.807) is 17.3 Å². The third-order valence-electron chi connectivity index (χ3n) is 3.78. The van der Waals surface area contributed by atoms with Gasteiger partial charge in [0.25, 0.3) is 0 Å². The van der Waals surface area contributed by atoms with E-state index < -0.39 is 10.0 Å². The fourth-order valence-corrected chi connectivity index (χ4v) is 4.49. The average molecular weight is 315 g/mol. The Hall–Kier alpha value is -0.920. The quantitative estimate of drug-likeness (QED) is 0.861. The van der Waals surface area contributed by atoms with E-state index in [1.165, 1.54) is 0 Å². The first-order chi connectivity index (χ1) is 9.88. The van der Waals surface area contributed by atoms with Gasteiger partial charge in [-0.05, 0) is 52.6 Å². The molecule has 1 N–H and O–H groups in total. The highest BCUT2D eigenvalue weighted by atomic mass is 32.2. The molecule has 1 atom stereocenters. The maximum Gasteiger partial charge on any atom is 0.220 e. The van der Waals surface area contributed by atoms with E-state index in [4.69, 9.17) is 4.52 Å². The molecule has 2 rings (SSSR count). The van der Waals surface area contributed by atoms with Gasteiger partial charge in [0.2, 0.25) is 10.0 Å². The number of piperidine rings is 1. The smallest absolute Gasteiger partial charge is 0.220 e. The van der Waals surface area contributed by atoms with Crippen LogP contribution in [0.15, 0.2) is 10.6 Å². The van der Waals surface area contributed by atoms with E-state index in [0.29, 0.717) is 23.9 Å². The molecule has 0 saturated carbocycles. The molecule has 0 radical (unpaired) electrons. The lowest BCUT2D eigenvalue weighted by Crippen LogP contribution is -2.44. The fraction of sp³-hybridized carbons (Fsp3) is 0.786. The van der Waals surface area contributed by atoms with Gasteiger partial charge in [-0.15, -0.1) is 0 Å². The lowest BCUT2D eigenvalue weighted by molar-refractivity contribution is 0.263. The molecule has 7 heteroatoms. The Labute approximate surface area is 126 Å². The summed E-state index contributed by atoms with van der Waals surface area (Å²) >= 11 is 0. The number of aromatic nitrogens is 1. The standard InChI is InChI=1S/C14H25N3O3S/c1-11(2)17(9-13-5-4-6-15-8-13)21(18,19)10-14-7-12(3)20-16-14/h7,11,13,15H,4-6,8-10H2,1-3H3. The van der Waals surface area contributed by atoms with Gasteiger partial charge in [0.05, 0.1) is 0 Å². The highest BCUT2D eigenvalue weighted by molar-refractivity contribution is 7.88. The molecule has 1 aromatic rings. The van der Waals surface area contributed by atoms with Gasteiger partial charge in [-0.1, -0.05) is 5.16 Å². The number of nitrogens with one attached hydrogen (secondary N) is 1. The molecule has 1 unspecified atom stereocenters. The van der Waals surface area contributed by atoms with E-state index in [-0.39, 0.29) is 11.8 Å². The van der Waals surface area contributed by atoms with Crippen LogP contribution in [0.5, 0.6) is 0 Å². The molecule has 0 aromatic carbocycles. The molecular formula is C14H25N3O3S. The normalized spacial score (nSPS) is 20.3. The summed E-state index contributed by atoms with van der Waals surface area (Å²) in [5, 5.41) is 7.13. The highest BCUT2D eigenvalue weighted by Crippen LogP contribution is 2.19. The molecule has 2 heterocycles. The van der Waals surface area contributed by atoms with Crippen LogP contribution < -0.4 is 5.32 Å². The molecule has 0 bridgehead atoms. The van der Waals surface area contributed by atoms with E-state index in [1.807, 2.05) is 13.8 Å². The summed E-state index contributed by atoms with van der Waals surface area (Å²) in [5.74, 6) is 0.922. The zero-order valence-corrected chi connectivity index (χ0v) is 13.8. The summed E-state index contributed by atoms with van der Waals surface area (Å²) in [6, 6.07) is 1.63. The monoisotopic (exact) mass is 315 g/mol. The molecule has 0 amide bonds. The van der Waals surface area contributed by atoms with Gasteiger partial charge in [-0.2, -0.15) is 4.31 Å². The van der Waals surface area contributed by atoms with Crippen LogP contribution in [0.2, 0.25) is 0 Å². The minimum Gasteiger partial charge on any atom is -0.361 e. The van der Waals surface area contributed by atoms with Gasteiger partial charge in [0.15, 0.2) is 0 Å². The van der Waals surface area contributed by atoms with Crippen molar-refractivity contribution in [3.63, 3.8) is 0 Å². The average Bonchev–Trinajstić information content (AvgIpc) is 2.81. The van der Waals surface area contributed by atoms with Crippen LogP contribution in [0.25, 0.3) is 0 Å². The third-order valence-corrected chi connectivity index (χ3v) is 5.72.